The van der Waals surface area contributed by atoms with Crippen LogP contribution < -0.4 is 21.7 Å². The molecule has 7 heteroatoms. The van der Waals surface area contributed by atoms with E-state index in [1.165, 1.54) is 0 Å². The molecule has 1 fully saturated rings. The largest absolute Gasteiger partial charge is 0.368 e. The van der Waals surface area contributed by atoms with Crippen LogP contribution in [0.2, 0.25) is 0 Å². The third kappa shape index (κ3) is 5.56. The van der Waals surface area contributed by atoms with E-state index in [-0.39, 0.29) is 30.3 Å². The number of carbonyl (C=O) groups excluding carboxylic acids is 3. The van der Waals surface area contributed by atoms with Crippen LogP contribution >= 0.6 is 0 Å². The molecule has 1 heterocycles. The van der Waals surface area contributed by atoms with Crippen molar-refractivity contribution in [2.45, 2.75) is 45.2 Å². The van der Waals surface area contributed by atoms with Crippen molar-refractivity contribution < 1.29 is 14.4 Å². The molecule has 1 unspecified atom stereocenters. The van der Waals surface area contributed by atoms with Gasteiger partial charge in [0.2, 0.25) is 17.7 Å². The molecule has 0 aromatic rings. The number of carbonyl (C=O) groups is 3. The highest BCUT2D eigenvalue weighted by Gasteiger charge is 2.27. The van der Waals surface area contributed by atoms with Crippen LogP contribution in [0.1, 0.15) is 33.1 Å². The number of rotatable bonds is 7. The number of nitrogens with one attached hydrogen (secondary N) is 3. The minimum absolute atomic E-state index is 0.164. The maximum absolute atomic E-state index is 12.0. The molecule has 114 valence electrons. The summed E-state index contributed by atoms with van der Waals surface area (Å²) in [6.07, 6.45) is 2.26. The molecule has 2 atom stereocenters. The minimum Gasteiger partial charge on any atom is -0.368 e. The summed E-state index contributed by atoms with van der Waals surface area (Å²) in [4.78, 5) is 34.7. The Hall–Kier alpha value is -1.63. The number of amides is 3. The molecule has 3 amide bonds. The minimum atomic E-state index is -0.635. The topological polar surface area (TPSA) is 113 Å². The van der Waals surface area contributed by atoms with Crippen molar-refractivity contribution in [1.82, 2.24) is 16.0 Å². The molecule has 1 aliphatic heterocycles. The van der Waals surface area contributed by atoms with Gasteiger partial charge in [0.1, 0.15) is 6.04 Å². The summed E-state index contributed by atoms with van der Waals surface area (Å²) in [7, 11) is 0. The van der Waals surface area contributed by atoms with E-state index in [4.69, 9.17) is 5.73 Å². The summed E-state index contributed by atoms with van der Waals surface area (Å²) in [5, 5.41) is 8.27. The standard InChI is InChI=1S/C13H24N4O3/c1-8(2)6-10(12(19)16-7-11(14)18)17-13(20)9-4-3-5-15-9/h8-10,15H,3-7H2,1-2H3,(H2,14,18)(H,16,19)(H,17,20)/t9-,10?/m0/s1. The average Bonchev–Trinajstić information content (AvgIpc) is 2.88. The molecule has 0 aliphatic carbocycles. The second-order valence-corrected chi connectivity index (χ2v) is 5.52. The predicted molar refractivity (Wildman–Crippen MR) is 74.6 cm³/mol. The molecule has 0 radical (unpaired) electrons. The first-order valence-electron chi connectivity index (χ1n) is 7.00. The van der Waals surface area contributed by atoms with E-state index in [1.54, 1.807) is 0 Å². The zero-order chi connectivity index (χ0) is 15.1. The second kappa shape index (κ2) is 7.84. The lowest BCUT2D eigenvalue weighted by Crippen LogP contribution is -2.52. The van der Waals surface area contributed by atoms with Crippen molar-refractivity contribution in [3.05, 3.63) is 0 Å². The summed E-state index contributed by atoms with van der Waals surface area (Å²) in [5.41, 5.74) is 4.99. The summed E-state index contributed by atoms with van der Waals surface area (Å²) in [6.45, 7) is 4.54. The van der Waals surface area contributed by atoms with Gasteiger partial charge >= 0.3 is 0 Å². The van der Waals surface area contributed by atoms with E-state index in [0.29, 0.717) is 6.42 Å². The van der Waals surface area contributed by atoms with Gasteiger partial charge in [-0.2, -0.15) is 0 Å². The van der Waals surface area contributed by atoms with Gasteiger partial charge in [-0.25, -0.2) is 0 Å². The molecule has 0 spiro atoms. The van der Waals surface area contributed by atoms with Crippen LogP contribution in [0.25, 0.3) is 0 Å². The summed E-state index contributed by atoms with van der Waals surface area (Å²) in [5.74, 6) is -0.896. The van der Waals surface area contributed by atoms with Crippen LogP contribution in [0, 0.1) is 5.92 Å². The van der Waals surface area contributed by atoms with Gasteiger partial charge < -0.3 is 21.7 Å². The first-order chi connectivity index (χ1) is 9.40. The SMILES string of the molecule is CC(C)CC(NC(=O)[C@@H]1CCCN1)C(=O)NCC(N)=O. The van der Waals surface area contributed by atoms with Crippen molar-refractivity contribution >= 4 is 17.7 Å². The van der Waals surface area contributed by atoms with Gasteiger partial charge in [-0.15, -0.1) is 0 Å². The third-order valence-electron chi connectivity index (χ3n) is 3.15. The van der Waals surface area contributed by atoms with Crippen molar-refractivity contribution in [3.63, 3.8) is 0 Å². The smallest absolute Gasteiger partial charge is 0.243 e. The Morgan fingerprint density at radius 1 is 1.35 bits per heavy atom. The first-order valence-corrected chi connectivity index (χ1v) is 7.00. The zero-order valence-electron chi connectivity index (χ0n) is 12.1. The highest BCUT2D eigenvalue weighted by atomic mass is 16.2. The Labute approximate surface area is 119 Å². The summed E-state index contributed by atoms with van der Waals surface area (Å²) >= 11 is 0. The highest BCUT2D eigenvalue weighted by molar-refractivity contribution is 5.91. The highest BCUT2D eigenvalue weighted by Crippen LogP contribution is 2.08. The van der Waals surface area contributed by atoms with Crippen LogP contribution in [0.5, 0.6) is 0 Å². The molecule has 5 N–H and O–H groups in total. The van der Waals surface area contributed by atoms with Gasteiger partial charge in [0.25, 0.3) is 0 Å². The van der Waals surface area contributed by atoms with Crippen molar-refractivity contribution in [3.8, 4) is 0 Å². The fourth-order valence-corrected chi connectivity index (χ4v) is 2.18. The number of primary amides is 1. The third-order valence-corrected chi connectivity index (χ3v) is 3.15. The lowest BCUT2D eigenvalue weighted by Gasteiger charge is -2.21. The average molecular weight is 284 g/mol. The molecule has 0 aromatic heterocycles. The van der Waals surface area contributed by atoms with Gasteiger partial charge in [0.15, 0.2) is 0 Å². The Morgan fingerprint density at radius 2 is 2.05 bits per heavy atom. The molecule has 1 rings (SSSR count). The Balaban J connectivity index is 2.55. The van der Waals surface area contributed by atoms with Crippen LogP contribution in [-0.4, -0.2) is 42.9 Å². The normalized spacial score (nSPS) is 19.6. The molecule has 0 bridgehead atoms. The molecule has 7 nitrogen and oxygen atoms in total. The lowest BCUT2D eigenvalue weighted by atomic mass is 10.0. The summed E-state index contributed by atoms with van der Waals surface area (Å²) in [6, 6.07) is -0.863. The van der Waals surface area contributed by atoms with E-state index >= 15 is 0 Å². The van der Waals surface area contributed by atoms with Crippen molar-refractivity contribution in [2.24, 2.45) is 11.7 Å². The Morgan fingerprint density at radius 3 is 2.55 bits per heavy atom. The van der Waals surface area contributed by atoms with E-state index in [0.717, 1.165) is 19.4 Å². The van der Waals surface area contributed by atoms with Crippen LogP contribution in [0.15, 0.2) is 0 Å². The van der Waals surface area contributed by atoms with Gasteiger partial charge in [-0.05, 0) is 31.7 Å². The van der Waals surface area contributed by atoms with E-state index in [9.17, 15) is 14.4 Å². The van der Waals surface area contributed by atoms with Gasteiger partial charge in [-0.3, -0.25) is 14.4 Å². The molecular formula is C13H24N4O3. The Bertz CT molecular complexity index is 365. The van der Waals surface area contributed by atoms with E-state index in [2.05, 4.69) is 16.0 Å². The first kappa shape index (κ1) is 16.4. The molecule has 20 heavy (non-hydrogen) atoms. The van der Waals surface area contributed by atoms with Crippen molar-refractivity contribution in [1.29, 1.82) is 0 Å². The maximum atomic E-state index is 12.0. The maximum Gasteiger partial charge on any atom is 0.243 e. The fourth-order valence-electron chi connectivity index (χ4n) is 2.18. The second-order valence-electron chi connectivity index (χ2n) is 5.52. The molecule has 0 saturated carbocycles. The van der Waals surface area contributed by atoms with Crippen LogP contribution in [0.3, 0.4) is 0 Å². The van der Waals surface area contributed by atoms with Crippen LogP contribution in [0.4, 0.5) is 0 Å². The predicted octanol–water partition coefficient (Wildman–Crippen LogP) is -1.13. The van der Waals surface area contributed by atoms with E-state index < -0.39 is 11.9 Å². The van der Waals surface area contributed by atoms with Crippen molar-refractivity contribution in [2.75, 3.05) is 13.1 Å². The number of nitrogens with two attached hydrogens (primary N) is 1. The van der Waals surface area contributed by atoms with Crippen LogP contribution in [-0.2, 0) is 14.4 Å². The molecule has 1 aliphatic rings. The number of hydrogen-bond acceptors (Lipinski definition) is 4. The Kier molecular flexibility index (Phi) is 6.44. The fraction of sp³-hybridized carbons (Fsp3) is 0.769. The molecule has 0 aromatic carbocycles. The molecule has 1 saturated heterocycles. The van der Waals surface area contributed by atoms with Gasteiger partial charge in [0, 0.05) is 0 Å². The quantitative estimate of drug-likeness (QED) is 0.474. The zero-order valence-corrected chi connectivity index (χ0v) is 12.1. The lowest BCUT2D eigenvalue weighted by molar-refractivity contribution is -0.131. The number of hydrogen-bond donors (Lipinski definition) is 4. The monoisotopic (exact) mass is 284 g/mol. The van der Waals surface area contributed by atoms with Gasteiger partial charge in [0.05, 0.1) is 12.6 Å². The molecular weight excluding hydrogens is 260 g/mol. The van der Waals surface area contributed by atoms with E-state index in [1.807, 2.05) is 13.8 Å². The van der Waals surface area contributed by atoms with Gasteiger partial charge in [-0.1, -0.05) is 13.8 Å². The summed E-state index contributed by atoms with van der Waals surface area (Å²) < 4.78 is 0.